The lowest BCUT2D eigenvalue weighted by molar-refractivity contribution is -0.142. The van der Waals surface area contributed by atoms with Gasteiger partial charge in [-0.3, -0.25) is 4.68 Å². The minimum Gasteiger partial charge on any atom is -0.481 e. The van der Waals surface area contributed by atoms with Crippen LogP contribution in [0.2, 0.25) is 0 Å². The van der Waals surface area contributed by atoms with E-state index >= 15 is 0 Å². The Hall–Kier alpha value is -3.23. The summed E-state index contributed by atoms with van der Waals surface area (Å²) in [6, 6.07) is 14.2. The molecule has 2 heterocycles. The van der Waals surface area contributed by atoms with Crippen molar-refractivity contribution in [2.45, 2.75) is 38.6 Å². The van der Waals surface area contributed by atoms with Crippen molar-refractivity contribution in [3.63, 3.8) is 0 Å². The number of methoxy groups -OCH3 is 2. The molecule has 4 rings (SSSR count). The van der Waals surface area contributed by atoms with Gasteiger partial charge < -0.3 is 19.3 Å². The topological polar surface area (TPSA) is 95.7 Å². The Balaban J connectivity index is 1.60. The number of ether oxygens (including phenoxy) is 3. The molecule has 8 nitrogen and oxygen atoms in total. The fraction of sp³-hybridized carbons (Fsp3) is 0.464. The van der Waals surface area contributed by atoms with E-state index in [0.717, 1.165) is 66.7 Å². The molecule has 0 spiro atoms. The minimum atomic E-state index is -0.914. The van der Waals surface area contributed by atoms with Gasteiger partial charge in [0.25, 0.3) is 0 Å². The number of aliphatic carboxylic acids is 1. The minimum absolute atomic E-state index is 0.221. The van der Waals surface area contributed by atoms with Crippen LogP contribution in [0.5, 0.6) is 5.88 Å². The maximum atomic E-state index is 10.7. The Bertz CT molecular complexity index is 1110. The molecule has 3 aromatic rings. The second kappa shape index (κ2) is 12.6. The number of benzene rings is 1. The molecule has 0 amide bonds. The van der Waals surface area contributed by atoms with Crippen LogP contribution >= 0.6 is 0 Å². The van der Waals surface area contributed by atoms with Gasteiger partial charge in [0.1, 0.15) is 12.3 Å². The number of carboxylic acids is 1. The summed E-state index contributed by atoms with van der Waals surface area (Å²) < 4.78 is 18.3. The lowest BCUT2D eigenvalue weighted by atomic mass is 9.82. The maximum absolute atomic E-state index is 10.7. The number of hydrogen-bond donors (Lipinski definition) is 1. The highest BCUT2D eigenvalue weighted by atomic mass is 16.5. The summed E-state index contributed by atoms with van der Waals surface area (Å²) >= 11 is 0. The van der Waals surface area contributed by atoms with Gasteiger partial charge in [-0.05, 0) is 43.6 Å². The van der Waals surface area contributed by atoms with E-state index in [1.165, 1.54) is 0 Å². The largest absolute Gasteiger partial charge is 0.481 e. The van der Waals surface area contributed by atoms with Crippen LogP contribution in [0.15, 0.2) is 48.7 Å². The molecule has 8 heteroatoms. The normalized spacial score (nSPS) is 17.7. The third-order valence-electron chi connectivity index (χ3n) is 6.86. The molecule has 1 N–H and O–H groups in total. The molecule has 1 fully saturated rings. The van der Waals surface area contributed by atoms with Gasteiger partial charge in [-0.2, -0.15) is 5.10 Å². The van der Waals surface area contributed by atoms with Gasteiger partial charge in [0.2, 0.25) is 5.88 Å². The Morgan fingerprint density at radius 3 is 2.42 bits per heavy atom. The predicted molar refractivity (Wildman–Crippen MR) is 137 cm³/mol. The lowest BCUT2D eigenvalue weighted by Gasteiger charge is -2.28. The van der Waals surface area contributed by atoms with Crippen molar-refractivity contribution in [3.05, 3.63) is 54.4 Å². The summed E-state index contributed by atoms with van der Waals surface area (Å²) in [5.41, 5.74) is 5.26. The van der Waals surface area contributed by atoms with E-state index in [-0.39, 0.29) is 6.61 Å². The van der Waals surface area contributed by atoms with E-state index in [2.05, 4.69) is 21.8 Å². The molecule has 2 aromatic heterocycles. The van der Waals surface area contributed by atoms with Crippen molar-refractivity contribution >= 4 is 5.97 Å². The Kier molecular flexibility index (Phi) is 9.08. The molecule has 0 aliphatic heterocycles. The van der Waals surface area contributed by atoms with Crippen LogP contribution in [-0.2, 0) is 27.2 Å². The van der Waals surface area contributed by atoms with Crippen molar-refractivity contribution in [1.82, 2.24) is 14.8 Å². The van der Waals surface area contributed by atoms with Crippen LogP contribution in [-0.4, -0.2) is 59.9 Å². The summed E-state index contributed by atoms with van der Waals surface area (Å²) in [7, 11) is 3.34. The van der Waals surface area contributed by atoms with Crippen LogP contribution in [0.3, 0.4) is 0 Å². The van der Waals surface area contributed by atoms with Crippen LogP contribution in [0.4, 0.5) is 0 Å². The summed E-state index contributed by atoms with van der Waals surface area (Å²) in [4.78, 5) is 15.2. The molecule has 1 saturated carbocycles. The Morgan fingerprint density at radius 2 is 1.78 bits per heavy atom. The highest BCUT2D eigenvalue weighted by Gasteiger charge is 2.26. The zero-order chi connectivity index (χ0) is 25.3. The van der Waals surface area contributed by atoms with Crippen LogP contribution < -0.4 is 4.74 Å². The van der Waals surface area contributed by atoms with Crippen LogP contribution in [0.25, 0.3) is 22.4 Å². The van der Waals surface area contributed by atoms with Gasteiger partial charge in [0, 0.05) is 54.7 Å². The highest BCUT2D eigenvalue weighted by molar-refractivity contribution is 5.82. The Labute approximate surface area is 212 Å². The molecule has 1 aromatic carbocycles. The van der Waals surface area contributed by atoms with Crippen molar-refractivity contribution < 1.29 is 24.1 Å². The Morgan fingerprint density at radius 1 is 1.03 bits per heavy atom. The monoisotopic (exact) mass is 493 g/mol. The van der Waals surface area contributed by atoms with Gasteiger partial charge in [0.05, 0.1) is 20.3 Å². The SMILES string of the molecule is COCCc1c(-c2ccc(OC)nc2)c(-c2ccccc2)nn1C[C@H]1CC[C@@H](COCC(=O)O)CC1. The average Bonchev–Trinajstić information content (AvgIpc) is 3.26. The number of nitrogens with zero attached hydrogens (tertiary/aromatic N) is 3. The summed E-state index contributed by atoms with van der Waals surface area (Å²) in [5, 5.41) is 13.9. The first kappa shape index (κ1) is 25.9. The summed E-state index contributed by atoms with van der Waals surface area (Å²) in [5.74, 6) is 0.595. The molecular weight excluding hydrogens is 458 g/mol. The third kappa shape index (κ3) is 6.50. The van der Waals surface area contributed by atoms with E-state index in [9.17, 15) is 4.79 Å². The second-order valence-electron chi connectivity index (χ2n) is 9.35. The molecule has 192 valence electrons. The molecule has 36 heavy (non-hydrogen) atoms. The van der Waals surface area contributed by atoms with E-state index in [1.807, 2.05) is 36.5 Å². The number of carbonyl (C=O) groups is 1. The summed E-state index contributed by atoms with van der Waals surface area (Å²) in [6.45, 7) is 1.74. The standard InChI is InChI=1S/C28H35N3O5/c1-34-15-14-24-27(23-12-13-25(35-2)29-16-23)28(22-6-4-3-5-7-22)30-31(24)17-20-8-10-21(11-9-20)18-36-19-26(32)33/h3-7,12-13,16,20-21H,8-11,14-15,17-19H2,1-2H3,(H,32,33)/t20-,21+. The van der Waals surface area contributed by atoms with Crippen LogP contribution in [0, 0.1) is 11.8 Å². The first-order chi connectivity index (χ1) is 17.6. The maximum Gasteiger partial charge on any atom is 0.329 e. The second-order valence-corrected chi connectivity index (χ2v) is 9.35. The lowest BCUT2D eigenvalue weighted by Crippen LogP contribution is -2.24. The molecular formula is C28H35N3O5. The molecule has 0 saturated heterocycles. The molecule has 1 aliphatic carbocycles. The fourth-order valence-electron chi connectivity index (χ4n) is 4.99. The van der Waals surface area contributed by atoms with Crippen LogP contribution in [0.1, 0.15) is 31.4 Å². The number of carboxylic acid groups (broad SMARTS) is 1. The zero-order valence-corrected chi connectivity index (χ0v) is 21.1. The van der Waals surface area contributed by atoms with E-state index in [4.69, 9.17) is 24.4 Å². The summed E-state index contributed by atoms with van der Waals surface area (Å²) in [6.07, 6.45) is 6.83. The first-order valence-electron chi connectivity index (χ1n) is 12.5. The molecule has 1 aliphatic rings. The molecule has 0 unspecified atom stereocenters. The van der Waals surface area contributed by atoms with Crippen molar-refractivity contribution in [2.24, 2.45) is 11.8 Å². The van der Waals surface area contributed by atoms with Gasteiger partial charge in [-0.15, -0.1) is 0 Å². The first-order valence-corrected chi connectivity index (χ1v) is 12.5. The third-order valence-corrected chi connectivity index (χ3v) is 6.86. The van der Waals surface area contributed by atoms with E-state index in [0.29, 0.717) is 30.9 Å². The molecule has 0 radical (unpaired) electrons. The highest BCUT2D eigenvalue weighted by Crippen LogP contribution is 2.37. The van der Waals surface area contributed by atoms with Gasteiger partial charge >= 0.3 is 5.97 Å². The fourth-order valence-corrected chi connectivity index (χ4v) is 4.99. The van der Waals surface area contributed by atoms with Crippen molar-refractivity contribution in [1.29, 1.82) is 0 Å². The molecule has 0 atom stereocenters. The zero-order valence-electron chi connectivity index (χ0n) is 21.1. The van der Waals surface area contributed by atoms with Crippen molar-refractivity contribution in [3.8, 4) is 28.3 Å². The van der Waals surface area contributed by atoms with Gasteiger partial charge in [-0.1, -0.05) is 30.3 Å². The molecule has 0 bridgehead atoms. The van der Waals surface area contributed by atoms with E-state index < -0.39 is 5.97 Å². The smallest absolute Gasteiger partial charge is 0.329 e. The number of hydrogen-bond acceptors (Lipinski definition) is 6. The average molecular weight is 494 g/mol. The van der Waals surface area contributed by atoms with Gasteiger partial charge in [-0.25, -0.2) is 9.78 Å². The number of pyridine rings is 1. The quantitative estimate of drug-likeness (QED) is 0.390. The predicted octanol–water partition coefficient (Wildman–Crippen LogP) is 4.72. The van der Waals surface area contributed by atoms with Gasteiger partial charge in [0.15, 0.2) is 0 Å². The van der Waals surface area contributed by atoms with E-state index in [1.54, 1.807) is 14.2 Å². The van der Waals surface area contributed by atoms with Crippen molar-refractivity contribution in [2.75, 3.05) is 34.0 Å². The number of rotatable bonds is 12. The number of aromatic nitrogens is 3.